The Morgan fingerprint density at radius 2 is 2.13 bits per heavy atom. The summed E-state index contributed by atoms with van der Waals surface area (Å²) in [5, 5.41) is -0.480. The summed E-state index contributed by atoms with van der Waals surface area (Å²) in [6, 6.07) is 0. The van der Waals surface area contributed by atoms with Crippen LogP contribution < -0.4 is 0 Å². The SMILES string of the molecule is CC/C=C\CCCC(Cl)C(=O)OCCC. The fourth-order valence-corrected chi connectivity index (χ4v) is 1.33. The third-order valence-electron chi connectivity index (χ3n) is 1.93. The second-order valence-corrected chi connectivity index (χ2v) is 3.97. The molecule has 0 saturated carbocycles. The summed E-state index contributed by atoms with van der Waals surface area (Å²) in [6.07, 6.45) is 8.76. The van der Waals surface area contributed by atoms with E-state index in [1.807, 2.05) is 6.92 Å². The van der Waals surface area contributed by atoms with Crippen LogP contribution in [0.1, 0.15) is 46.0 Å². The fraction of sp³-hybridized carbons (Fsp3) is 0.750. The van der Waals surface area contributed by atoms with Crippen LogP contribution >= 0.6 is 11.6 Å². The summed E-state index contributed by atoms with van der Waals surface area (Å²) in [5.41, 5.74) is 0. The number of esters is 1. The van der Waals surface area contributed by atoms with Gasteiger partial charge in [-0.1, -0.05) is 26.0 Å². The number of alkyl halides is 1. The minimum atomic E-state index is -0.480. The molecule has 0 aliphatic rings. The molecule has 2 nitrogen and oxygen atoms in total. The van der Waals surface area contributed by atoms with E-state index in [2.05, 4.69) is 19.1 Å². The monoisotopic (exact) mass is 232 g/mol. The van der Waals surface area contributed by atoms with E-state index in [1.54, 1.807) is 0 Å². The normalized spacial score (nSPS) is 13.0. The highest BCUT2D eigenvalue weighted by atomic mass is 35.5. The van der Waals surface area contributed by atoms with Crippen molar-refractivity contribution >= 4 is 17.6 Å². The van der Waals surface area contributed by atoms with Crippen LogP contribution in [0.3, 0.4) is 0 Å². The second-order valence-electron chi connectivity index (χ2n) is 3.45. The number of carbonyl (C=O) groups is 1. The van der Waals surface area contributed by atoms with Crippen LogP contribution in [-0.4, -0.2) is 18.0 Å². The molecule has 0 amide bonds. The molecule has 1 unspecified atom stereocenters. The molecule has 0 saturated heterocycles. The van der Waals surface area contributed by atoms with Crippen LogP contribution in [0.25, 0.3) is 0 Å². The Bertz CT molecular complexity index is 190. The summed E-state index contributed by atoms with van der Waals surface area (Å²) in [5.74, 6) is -0.280. The molecular weight excluding hydrogens is 212 g/mol. The van der Waals surface area contributed by atoms with E-state index in [4.69, 9.17) is 16.3 Å². The molecule has 0 radical (unpaired) electrons. The van der Waals surface area contributed by atoms with E-state index in [9.17, 15) is 4.79 Å². The zero-order chi connectivity index (χ0) is 11.5. The molecule has 0 aromatic carbocycles. The lowest BCUT2D eigenvalue weighted by Gasteiger charge is -2.07. The zero-order valence-corrected chi connectivity index (χ0v) is 10.4. The highest BCUT2D eigenvalue weighted by Gasteiger charge is 2.15. The Hall–Kier alpha value is -0.500. The van der Waals surface area contributed by atoms with E-state index in [-0.39, 0.29) is 5.97 Å². The van der Waals surface area contributed by atoms with E-state index in [1.165, 1.54) is 0 Å². The lowest BCUT2D eigenvalue weighted by atomic mass is 10.2. The van der Waals surface area contributed by atoms with Crippen molar-refractivity contribution in [2.75, 3.05) is 6.61 Å². The maximum Gasteiger partial charge on any atom is 0.324 e. The number of hydrogen-bond donors (Lipinski definition) is 0. The van der Waals surface area contributed by atoms with Crippen molar-refractivity contribution in [1.29, 1.82) is 0 Å². The van der Waals surface area contributed by atoms with Crippen LogP contribution in [0, 0.1) is 0 Å². The Morgan fingerprint density at radius 3 is 2.73 bits per heavy atom. The van der Waals surface area contributed by atoms with E-state index >= 15 is 0 Å². The van der Waals surface area contributed by atoms with Crippen LogP contribution in [-0.2, 0) is 9.53 Å². The van der Waals surface area contributed by atoms with Crippen LogP contribution in [0.5, 0.6) is 0 Å². The van der Waals surface area contributed by atoms with Gasteiger partial charge in [0.05, 0.1) is 6.61 Å². The molecule has 0 aliphatic heterocycles. The average Bonchev–Trinajstić information content (AvgIpc) is 2.25. The molecule has 0 bridgehead atoms. The molecule has 0 rings (SSSR count). The summed E-state index contributed by atoms with van der Waals surface area (Å²) < 4.78 is 4.94. The maximum atomic E-state index is 11.2. The number of hydrogen-bond acceptors (Lipinski definition) is 2. The van der Waals surface area contributed by atoms with E-state index in [0.29, 0.717) is 13.0 Å². The largest absolute Gasteiger partial charge is 0.465 e. The van der Waals surface area contributed by atoms with Gasteiger partial charge in [-0.2, -0.15) is 0 Å². The standard InChI is InChI=1S/C12H21ClO2/c1-3-5-6-7-8-9-11(13)12(14)15-10-4-2/h5-6,11H,3-4,7-10H2,1-2H3/b6-5-. The van der Waals surface area contributed by atoms with Crippen molar-refractivity contribution in [2.24, 2.45) is 0 Å². The Labute approximate surface area is 97.6 Å². The number of carbonyl (C=O) groups excluding carboxylic acids is 1. The molecule has 0 fully saturated rings. The highest BCUT2D eigenvalue weighted by Crippen LogP contribution is 2.10. The summed E-state index contributed by atoms with van der Waals surface area (Å²) >= 11 is 5.88. The van der Waals surface area contributed by atoms with Gasteiger partial charge >= 0.3 is 5.97 Å². The van der Waals surface area contributed by atoms with Gasteiger partial charge in [0, 0.05) is 0 Å². The van der Waals surface area contributed by atoms with Crippen molar-refractivity contribution in [1.82, 2.24) is 0 Å². The van der Waals surface area contributed by atoms with E-state index < -0.39 is 5.38 Å². The van der Waals surface area contributed by atoms with Crippen LogP contribution in [0.2, 0.25) is 0 Å². The third-order valence-corrected chi connectivity index (χ3v) is 2.33. The van der Waals surface area contributed by atoms with Crippen molar-refractivity contribution in [3.05, 3.63) is 12.2 Å². The highest BCUT2D eigenvalue weighted by molar-refractivity contribution is 6.29. The molecule has 0 spiro atoms. The van der Waals surface area contributed by atoms with Gasteiger partial charge in [0.15, 0.2) is 0 Å². The molecule has 1 atom stereocenters. The molecule has 0 aliphatic carbocycles. The average molecular weight is 233 g/mol. The Balaban J connectivity index is 3.50. The number of halogens is 1. The van der Waals surface area contributed by atoms with Crippen LogP contribution in [0.4, 0.5) is 0 Å². The van der Waals surface area contributed by atoms with Gasteiger partial charge in [-0.05, 0) is 32.1 Å². The van der Waals surface area contributed by atoms with Crippen molar-refractivity contribution in [3.8, 4) is 0 Å². The Kier molecular flexibility index (Phi) is 9.70. The molecule has 88 valence electrons. The maximum absolute atomic E-state index is 11.2. The second kappa shape index (κ2) is 10.0. The van der Waals surface area contributed by atoms with Gasteiger partial charge in [-0.25, -0.2) is 0 Å². The van der Waals surface area contributed by atoms with Gasteiger partial charge in [0.25, 0.3) is 0 Å². The van der Waals surface area contributed by atoms with E-state index in [0.717, 1.165) is 25.7 Å². The van der Waals surface area contributed by atoms with Gasteiger partial charge < -0.3 is 4.74 Å². The minimum Gasteiger partial charge on any atom is -0.465 e. The van der Waals surface area contributed by atoms with Gasteiger partial charge in [0.2, 0.25) is 0 Å². The predicted molar refractivity (Wildman–Crippen MR) is 64.2 cm³/mol. The number of rotatable bonds is 8. The fourth-order valence-electron chi connectivity index (χ4n) is 1.11. The molecule has 0 heterocycles. The van der Waals surface area contributed by atoms with Gasteiger partial charge in [-0.15, -0.1) is 11.6 Å². The molecule has 0 aromatic heterocycles. The zero-order valence-electron chi connectivity index (χ0n) is 9.67. The lowest BCUT2D eigenvalue weighted by molar-refractivity contribution is -0.143. The molecule has 0 N–H and O–H groups in total. The first-order valence-corrected chi connectivity index (χ1v) is 6.11. The smallest absolute Gasteiger partial charge is 0.324 e. The molecule has 0 aromatic rings. The summed E-state index contributed by atoms with van der Waals surface area (Å²) in [6.45, 7) is 4.53. The third kappa shape index (κ3) is 8.49. The number of ether oxygens (including phenoxy) is 1. The first-order valence-electron chi connectivity index (χ1n) is 5.68. The number of unbranched alkanes of at least 4 members (excludes halogenated alkanes) is 1. The predicted octanol–water partition coefficient (Wildman–Crippen LogP) is 3.68. The van der Waals surface area contributed by atoms with Crippen molar-refractivity contribution < 1.29 is 9.53 Å². The molecule has 3 heteroatoms. The molecular formula is C12H21ClO2. The Morgan fingerprint density at radius 1 is 1.40 bits per heavy atom. The van der Waals surface area contributed by atoms with Gasteiger partial charge in [0.1, 0.15) is 5.38 Å². The number of allylic oxidation sites excluding steroid dienone is 2. The minimum absolute atomic E-state index is 0.280. The lowest BCUT2D eigenvalue weighted by Crippen LogP contribution is -2.18. The first kappa shape index (κ1) is 14.5. The summed E-state index contributed by atoms with van der Waals surface area (Å²) in [4.78, 5) is 11.2. The van der Waals surface area contributed by atoms with Crippen LogP contribution in [0.15, 0.2) is 12.2 Å². The summed E-state index contributed by atoms with van der Waals surface area (Å²) in [7, 11) is 0. The quantitative estimate of drug-likeness (QED) is 0.276. The molecule has 15 heavy (non-hydrogen) atoms. The first-order chi connectivity index (χ1) is 7.22. The van der Waals surface area contributed by atoms with Crippen molar-refractivity contribution in [3.63, 3.8) is 0 Å². The van der Waals surface area contributed by atoms with Gasteiger partial charge in [-0.3, -0.25) is 4.79 Å². The van der Waals surface area contributed by atoms with Crippen molar-refractivity contribution in [2.45, 2.75) is 51.3 Å². The topological polar surface area (TPSA) is 26.3 Å².